The van der Waals surface area contributed by atoms with Crippen LogP contribution in [0.25, 0.3) is 0 Å². The number of ketones is 1. The molecule has 0 unspecified atom stereocenters. The summed E-state index contributed by atoms with van der Waals surface area (Å²) in [5, 5.41) is 0. The molecule has 0 aromatic rings. The first-order valence-corrected chi connectivity index (χ1v) is 4.15. The van der Waals surface area contributed by atoms with Gasteiger partial charge in [-0.1, -0.05) is 6.92 Å². The predicted molar refractivity (Wildman–Crippen MR) is 45.7 cm³/mol. The van der Waals surface area contributed by atoms with E-state index in [-0.39, 0.29) is 17.7 Å². The Kier molecular flexibility index (Phi) is 5.34. The molecule has 0 N–H and O–H groups in total. The lowest BCUT2D eigenvalue weighted by molar-refractivity contribution is -0.145. The summed E-state index contributed by atoms with van der Waals surface area (Å²) in [6.45, 7) is 3.37. The SMILES string of the molecule is COC(=O)[C@H](C)CCCC(C)=O. The highest BCUT2D eigenvalue weighted by molar-refractivity contribution is 5.75. The number of hydrogen-bond donors (Lipinski definition) is 0. The van der Waals surface area contributed by atoms with Gasteiger partial charge in [0.05, 0.1) is 13.0 Å². The number of methoxy groups -OCH3 is 1. The van der Waals surface area contributed by atoms with Crippen LogP contribution >= 0.6 is 0 Å². The summed E-state index contributed by atoms with van der Waals surface area (Å²) in [6.07, 6.45) is 2.05. The van der Waals surface area contributed by atoms with Crippen LogP contribution in [0.15, 0.2) is 0 Å². The first-order chi connectivity index (χ1) is 5.57. The van der Waals surface area contributed by atoms with Crippen molar-refractivity contribution < 1.29 is 14.3 Å². The number of carbonyl (C=O) groups excluding carboxylic acids is 2. The molecule has 0 aliphatic rings. The minimum atomic E-state index is -0.196. The first-order valence-electron chi connectivity index (χ1n) is 4.15. The lowest BCUT2D eigenvalue weighted by Crippen LogP contribution is -2.12. The standard InChI is InChI=1S/C9H16O3/c1-7(9(11)12-3)5-4-6-8(2)10/h7H,4-6H2,1-3H3/t7-/m1/s1. The van der Waals surface area contributed by atoms with Gasteiger partial charge >= 0.3 is 5.97 Å². The fourth-order valence-electron chi connectivity index (χ4n) is 0.976. The van der Waals surface area contributed by atoms with Crippen molar-refractivity contribution in [3.8, 4) is 0 Å². The molecule has 0 fully saturated rings. The molecular weight excluding hydrogens is 156 g/mol. The largest absolute Gasteiger partial charge is 0.469 e. The summed E-state index contributed by atoms with van der Waals surface area (Å²) in [6, 6.07) is 0. The third-order valence-electron chi connectivity index (χ3n) is 1.77. The maximum Gasteiger partial charge on any atom is 0.308 e. The molecule has 0 aliphatic heterocycles. The number of Topliss-reactive ketones (excluding diaryl/α,β-unsaturated/α-hetero) is 1. The molecule has 3 heteroatoms. The third-order valence-corrected chi connectivity index (χ3v) is 1.77. The van der Waals surface area contributed by atoms with Crippen LogP contribution in [0.3, 0.4) is 0 Å². The molecule has 0 aliphatic carbocycles. The van der Waals surface area contributed by atoms with Gasteiger partial charge in [-0.15, -0.1) is 0 Å². The Morgan fingerprint density at radius 2 is 2.00 bits per heavy atom. The first kappa shape index (κ1) is 11.1. The number of esters is 1. The second-order valence-electron chi connectivity index (χ2n) is 3.02. The molecule has 0 radical (unpaired) electrons. The van der Waals surface area contributed by atoms with Crippen molar-refractivity contribution in [1.82, 2.24) is 0 Å². The minimum absolute atomic E-state index is 0.0886. The molecule has 0 rings (SSSR count). The molecule has 0 aromatic carbocycles. The Labute approximate surface area is 73.1 Å². The van der Waals surface area contributed by atoms with Crippen LogP contribution in [0.2, 0.25) is 0 Å². The predicted octanol–water partition coefficient (Wildman–Crippen LogP) is 1.55. The quantitative estimate of drug-likeness (QED) is 0.591. The summed E-state index contributed by atoms with van der Waals surface area (Å²) in [4.78, 5) is 21.4. The summed E-state index contributed by atoms with van der Waals surface area (Å²) >= 11 is 0. The second-order valence-corrected chi connectivity index (χ2v) is 3.02. The van der Waals surface area contributed by atoms with E-state index in [1.807, 2.05) is 6.92 Å². The van der Waals surface area contributed by atoms with Crippen LogP contribution in [0.4, 0.5) is 0 Å². The van der Waals surface area contributed by atoms with Crippen LogP contribution in [0.5, 0.6) is 0 Å². The van der Waals surface area contributed by atoms with Crippen LogP contribution in [0, 0.1) is 5.92 Å². The molecule has 1 atom stereocenters. The minimum Gasteiger partial charge on any atom is -0.469 e. The smallest absolute Gasteiger partial charge is 0.308 e. The average Bonchev–Trinajstić information content (AvgIpc) is 2.02. The zero-order chi connectivity index (χ0) is 9.56. The van der Waals surface area contributed by atoms with Crippen molar-refractivity contribution in [2.24, 2.45) is 5.92 Å². The zero-order valence-corrected chi connectivity index (χ0v) is 7.92. The Bertz CT molecular complexity index is 163. The fraction of sp³-hybridized carbons (Fsp3) is 0.778. The molecule has 0 saturated carbocycles. The van der Waals surface area contributed by atoms with Crippen molar-refractivity contribution in [3.63, 3.8) is 0 Å². The second kappa shape index (κ2) is 5.75. The summed E-state index contributed by atoms with van der Waals surface area (Å²) in [5.74, 6) is -0.111. The van der Waals surface area contributed by atoms with Gasteiger partial charge in [-0.2, -0.15) is 0 Å². The van der Waals surface area contributed by atoms with E-state index in [4.69, 9.17) is 0 Å². The molecular formula is C9H16O3. The van der Waals surface area contributed by atoms with E-state index in [1.54, 1.807) is 6.92 Å². The molecule has 0 heterocycles. The molecule has 0 spiro atoms. The number of rotatable bonds is 5. The summed E-state index contributed by atoms with van der Waals surface area (Å²) in [5.41, 5.74) is 0. The Morgan fingerprint density at radius 3 is 2.42 bits per heavy atom. The summed E-state index contributed by atoms with van der Waals surface area (Å²) < 4.78 is 4.55. The van der Waals surface area contributed by atoms with Gasteiger partial charge in [-0.25, -0.2) is 0 Å². The number of ether oxygens (including phenoxy) is 1. The Balaban J connectivity index is 3.50. The lowest BCUT2D eigenvalue weighted by Gasteiger charge is -2.06. The zero-order valence-electron chi connectivity index (χ0n) is 7.92. The lowest BCUT2D eigenvalue weighted by atomic mass is 10.0. The maximum atomic E-state index is 10.9. The van der Waals surface area contributed by atoms with E-state index in [9.17, 15) is 9.59 Å². The van der Waals surface area contributed by atoms with E-state index in [0.717, 1.165) is 12.8 Å². The topological polar surface area (TPSA) is 43.4 Å². The van der Waals surface area contributed by atoms with Gasteiger partial charge in [0.1, 0.15) is 5.78 Å². The Hall–Kier alpha value is -0.860. The van der Waals surface area contributed by atoms with E-state index < -0.39 is 0 Å². The van der Waals surface area contributed by atoms with Gasteiger partial charge in [0, 0.05) is 6.42 Å². The molecule has 0 amide bonds. The Morgan fingerprint density at radius 1 is 1.42 bits per heavy atom. The summed E-state index contributed by atoms with van der Waals surface area (Å²) in [7, 11) is 1.38. The van der Waals surface area contributed by atoms with Gasteiger partial charge < -0.3 is 9.53 Å². The highest BCUT2D eigenvalue weighted by atomic mass is 16.5. The molecule has 3 nitrogen and oxygen atoms in total. The van der Waals surface area contributed by atoms with Crippen LogP contribution in [0.1, 0.15) is 33.1 Å². The van der Waals surface area contributed by atoms with E-state index in [2.05, 4.69) is 4.74 Å². The van der Waals surface area contributed by atoms with Crippen molar-refractivity contribution >= 4 is 11.8 Å². The van der Waals surface area contributed by atoms with Gasteiger partial charge in [0.25, 0.3) is 0 Å². The fourth-order valence-corrected chi connectivity index (χ4v) is 0.976. The molecule has 70 valence electrons. The van der Waals surface area contributed by atoms with Crippen molar-refractivity contribution in [2.45, 2.75) is 33.1 Å². The normalized spacial score (nSPS) is 12.2. The van der Waals surface area contributed by atoms with E-state index >= 15 is 0 Å². The third kappa shape index (κ3) is 4.88. The number of hydrogen-bond acceptors (Lipinski definition) is 3. The molecule has 12 heavy (non-hydrogen) atoms. The van der Waals surface area contributed by atoms with Crippen LogP contribution in [-0.4, -0.2) is 18.9 Å². The van der Waals surface area contributed by atoms with Gasteiger partial charge in [0.15, 0.2) is 0 Å². The molecule has 0 bridgehead atoms. The highest BCUT2D eigenvalue weighted by Crippen LogP contribution is 2.09. The van der Waals surface area contributed by atoms with Crippen molar-refractivity contribution in [2.75, 3.05) is 7.11 Å². The van der Waals surface area contributed by atoms with Gasteiger partial charge in [0.2, 0.25) is 0 Å². The monoisotopic (exact) mass is 172 g/mol. The van der Waals surface area contributed by atoms with Crippen molar-refractivity contribution in [1.29, 1.82) is 0 Å². The number of carbonyl (C=O) groups is 2. The van der Waals surface area contributed by atoms with E-state index in [1.165, 1.54) is 7.11 Å². The molecule has 0 aromatic heterocycles. The van der Waals surface area contributed by atoms with E-state index in [0.29, 0.717) is 6.42 Å². The average molecular weight is 172 g/mol. The van der Waals surface area contributed by atoms with Gasteiger partial charge in [-0.3, -0.25) is 4.79 Å². The molecule has 0 saturated heterocycles. The maximum absolute atomic E-state index is 10.9. The highest BCUT2D eigenvalue weighted by Gasteiger charge is 2.12. The van der Waals surface area contributed by atoms with Crippen LogP contribution in [-0.2, 0) is 14.3 Å². The van der Waals surface area contributed by atoms with Crippen LogP contribution < -0.4 is 0 Å². The van der Waals surface area contributed by atoms with Gasteiger partial charge in [-0.05, 0) is 19.8 Å². The van der Waals surface area contributed by atoms with Crippen molar-refractivity contribution in [3.05, 3.63) is 0 Å².